The Kier molecular flexibility index (Phi) is 4.34. The normalized spacial score (nSPS) is 25.5. The molecule has 120 valence electrons. The van der Waals surface area contributed by atoms with E-state index in [0.717, 1.165) is 44.0 Å². The van der Waals surface area contributed by atoms with Gasteiger partial charge in [0.15, 0.2) is 0 Å². The van der Waals surface area contributed by atoms with Gasteiger partial charge in [-0.15, -0.1) is 0 Å². The van der Waals surface area contributed by atoms with Crippen molar-refractivity contribution in [1.82, 2.24) is 9.88 Å². The Hall–Kier alpha value is -1.62. The summed E-state index contributed by atoms with van der Waals surface area (Å²) in [7, 11) is 0. The minimum absolute atomic E-state index is 0.0587. The van der Waals surface area contributed by atoms with Crippen LogP contribution in [0, 0.1) is 5.41 Å². The summed E-state index contributed by atoms with van der Waals surface area (Å²) in [6.07, 6.45) is 6.40. The van der Waals surface area contributed by atoms with E-state index in [2.05, 4.69) is 16.8 Å². The number of carbonyl (C=O) groups excluding carboxylic acids is 1. The number of pyridine rings is 1. The van der Waals surface area contributed by atoms with Gasteiger partial charge in [0, 0.05) is 32.4 Å². The minimum Gasteiger partial charge on any atom is -0.356 e. The Morgan fingerprint density at radius 3 is 2.77 bits per heavy atom. The van der Waals surface area contributed by atoms with Crippen molar-refractivity contribution in [2.24, 2.45) is 11.1 Å². The summed E-state index contributed by atoms with van der Waals surface area (Å²) in [5.41, 5.74) is 6.66. The lowest BCUT2D eigenvalue weighted by molar-refractivity contribution is 0.0777. The van der Waals surface area contributed by atoms with Crippen molar-refractivity contribution in [3.63, 3.8) is 0 Å². The average Bonchev–Trinajstić information content (AvgIpc) is 2.98. The van der Waals surface area contributed by atoms with E-state index in [4.69, 9.17) is 5.73 Å². The number of aromatic nitrogens is 1. The Labute approximate surface area is 132 Å². The molecule has 1 unspecified atom stereocenters. The highest BCUT2D eigenvalue weighted by Crippen LogP contribution is 2.31. The van der Waals surface area contributed by atoms with Crippen LogP contribution in [0.25, 0.3) is 0 Å². The Balaban J connectivity index is 1.81. The van der Waals surface area contributed by atoms with Crippen molar-refractivity contribution < 1.29 is 4.79 Å². The highest BCUT2D eigenvalue weighted by Gasteiger charge is 2.36. The molecule has 1 aromatic rings. The van der Waals surface area contributed by atoms with Gasteiger partial charge < -0.3 is 15.5 Å². The highest BCUT2D eigenvalue weighted by atomic mass is 16.2. The SMILES string of the molecule is CC1(CN)CCN(C(=O)c2cccnc2N2CCCCC2)C1. The molecule has 1 amide bonds. The third-order valence-electron chi connectivity index (χ3n) is 5.01. The maximum atomic E-state index is 12.9. The van der Waals surface area contributed by atoms with E-state index in [0.29, 0.717) is 6.54 Å². The molecule has 0 aromatic carbocycles. The van der Waals surface area contributed by atoms with Crippen molar-refractivity contribution in [2.45, 2.75) is 32.6 Å². The molecule has 0 radical (unpaired) electrons. The standard InChI is InChI=1S/C17H26N4O/c1-17(12-18)7-11-21(13-17)16(22)14-6-5-8-19-15(14)20-9-3-2-4-10-20/h5-6,8H,2-4,7,9-13,18H2,1H3. The molecule has 2 fully saturated rings. The van der Waals surface area contributed by atoms with Gasteiger partial charge in [-0.25, -0.2) is 4.98 Å². The first-order valence-corrected chi connectivity index (χ1v) is 8.32. The molecule has 0 saturated carbocycles. The van der Waals surface area contributed by atoms with E-state index in [-0.39, 0.29) is 11.3 Å². The molecule has 1 atom stereocenters. The van der Waals surface area contributed by atoms with Gasteiger partial charge in [0.1, 0.15) is 5.82 Å². The molecule has 0 aliphatic carbocycles. The first-order valence-electron chi connectivity index (χ1n) is 8.32. The number of carbonyl (C=O) groups is 1. The molecule has 22 heavy (non-hydrogen) atoms. The zero-order valence-corrected chi connectivity index (χ0v) is 13.4. The van der Waals surface area contributed by atoms with Crippen LogP contribution in [0.1, 0.15) is 43.0 Å². The fraction of sp³-hybridized carbons (Fsp3) is 0.647. The molecule has 3 rings (SSSR count). The van der Waals surface area contributed by atoms with Crippen LogP contribution in [0.15, 0.2) is 18.3 Å². The van der Waals surface area contributed by atoms with E-state index in [1.165, 1.54) is 19.3 Å². The predicted octanol–water partition coefficient (Wildman–Crippen LogP) is 1.88. The van der Waals surface area contributed by atoms with Crippen molar-refractivity contribution in [3.8, 4) is 0 Å². The number of nitrogens with two attached hydrogens (primary N) is 1. The fourth-order valence-electron chi connectivity index (χ4n) is 3.46. The van der Waals surface area contributed by atoms with Gasteiger partial charge in [-0.3, -0.25) is 4.79 Å². The zero-order valence-electron chi connectivity index (χ0n) is 13.4. The Morgan fingerprint density at radius 2 is 2.09 bits per heavy atom. The number of rotatable bonds is 3. The van der Waals surface area contributed by atoms with Gasteiger partial charge in [0.25, 0.3) is 5.91 Å². The lowest BCUT2D eigenvalue weighted by Crippen LogP contribution is -2.36. The largest absolute Gasteiger partial charge is 0.356 e. The third kappa shape index (κ3) is 2.95. The number of nitrogens with zero attached hydrogens (tertiary/aromatic N) is 3. The molecule has 5 heteroatoms. The number of hydrogen-bond donors (Lipinski definition) is 1. The van der Waals surface area contributed by atoms with Crippen LogP contribution in [-0.2, 0) is 0 Å². The third-order valence-corrected chi connectivity index (χ3v) is 5.01. The quantitative estimate of drug-likeness (QED) is 0.926. The summed E-state index contributed by atoms with van der Waals surface area (Å²) in [6.45, 7) is 6.32. The number of likely N-dealkylation sites (tertiary alicyclic amines) is 1. The number of hydrogen-bond acceptors (Lipinski definition) is 4. The van der Waals surface area contributed by atoms with Crippen molar-refractivity contribution >= 4 is 11.7 Å². The summed E-state index contributed by atoms with van der Waals surface area (Å²) in [6, 6.07) is 3.77. The van der Waals surface area contributed by atoms with Crippen LogP contribution < -0.4 is 10.6 Å². The molecule has 2 saturated heterocycles. The Morgan fingerprint density at radius 1 is 1.32 bits per heavy atom. The summed E-state index contributed by atoms with van der Waals surface area (Å²) in [5.74, 6) is 0.958. The molecule has 1 aromatic heterocycles. The van der Waals surface area contributed by atoms with Gasteiger partial charge >= 0.3 is 0 Å². The molecular weight excluding hydrogens is 276 g/mol. The molecule has 3 heterocycles. The van der Waals surface area contributed by atoms with Gasteiger partial charge in [0.2, 0.25) is 0 Å². The second kappa shape index (κ2) is 6.24. The molecule has 0 spiro atoms. The first-order chi connectivity index (χ1) is 10.6. The van der Waals surface area contributed by atoms with Crippen molar-refractivity contribution in [1.29, 1.82) is 0 Å². The Bertz CT molecular complexity index is 541. The van der Waals surface area contributed by atoms with E-state index in [1.807, 2.05) is 17.0 Å². The summed E-state index contributed by atoms with van der Waals surface area (Å²) in [4.78, 5) is 21.6. The minimum atomic E-state index is 0.0587. The molecule has 2 aliphatic rings. The second-order valence-corrected chi connectivity index (χ2v) is 6.91. The van der Waals surface area contributed by atoms with Crippen molar-refractivity contribution in [2.75, 3.05) is 37.6 Å². The average molecular weight is 302 g/mol. The van der Waals surface area contributed by atoms with Crippen LogP contribution in [0.3, 0.4) is 0 Å². The molecular formula is C17H26N4O. The first kappa shape index (κ1) is 15.3. The monoisotopic (exact) mass is 302 g/mol. The van der Waals surface area contributed by atoms with Crippen LogP contribution in [0.5, 0.6) is 0 Å². The van der Waals surface area contributed by atoms with E-state index in [9.17, 15) is 4.79 Å². The van der Waals surface area contributed by atoms with Gasteiger partial charge in [-0.2, -0.15) is 0 Å². The lowest BCUT2D eigenvalue weighted by Gasteiger charge is -2.30. The van der Waals surface area contributed by atoms with Crippen LogP contribution in [-0.4, -0.2) is 48.5 Å². The summed E-state index contributed by atoms with van der Waals surface area (Å²) in [5, 5.41) is 0. The predicted molar refractivity (Wildman–Crippen MR) is 88.0 cm³/mol. The second-order valence-electron chi connectivity index (χ2n) is 6.91. The van der Waals surface area contributed by atoms with E-state index < -0.39 is 0 Å². The zero-order chi connectivity index (χ0) is 15.6. The van der Waals surface area contributed by atoms with Crippen molar-refractivity contribution in [3.05, 3.63) is 23.9 Å². The number of amides is 1. The smallest absolute Gasteiger partial charge is 0.257 e. The maximum absolute atomic E-state index is 12.9. The van der Waals surface area contributed by atoms with Crippen LogP contribution in [0.4, 0.5) is 5.82 Å². The van der Waals surface area contributed by atoms with E-state index in [1.54, 1.807) is 6.20 Å². The summed E-state index contributed by atoms with van der Waals surface area (Å²) >= 11 is 0. The van der Waals surface area contributed by atoms with Gasteiger partial charge in [-0.1, -0.05) is 6.92 Å². The van der Waals surface area contributed by atoms with Gasteiger partial charge in [-0.05, 0) is 49.8 Å². The highest BCUT2D eigenvalue weighted by molar-refractivity contribution is 5.99. The van der Waals surface area contributed by atoms with Crippen LogP contribution in [0.2, 0.25) is 0 Å². The van der Waals surface area contributed by atoms with E-state index >= 15 is 0 Å². The molecule has 2 aliphatic heterocycles. The number of piperidine rings is 1. The molecule has 2 N–H and O–H groups in total. The summed E-state index contributed by atoms with van der Waals surface area (Å²) < 4.78 is 0. The topological polar surface area (TPSA) is 62.5 Å². The number of anilines is 1. The fourth-order valence-corrected chi connectivity index (χ4v) is 3.46. The van der Waals surface area contributed by atoms with Gasteiger partial charge in [0.05, 0.1) is 5.56 Å². The molecule has 5 nitrogen and oxygen atoms in total. The maximum Gasteiger partial charge on any atom is 0.257 e. The lowest BCUT2D eigenvalue weighted by atomic mass is 9.90. The molecule has 0 bridgehead atoms. The van der Waals surface area contributed by atoms with Crippen LogP contribution >= 0.6 is 0 Å².